The maximum absolute atomic E-state index is 12.4. The molecule has 0 radical (unpaired) electrons. The Balaban J connectivity index is 1.04. The summed E-state index contributed by atoms with van der Waals surface area (Å²) in [5, 5.41) is 99.0. The van der Waals surface area contributed by atoms with Gasteiger partial charge in [0.2, 0.25) is 0 Å². The van der Waals surface area contributed by atoms with Crippen molar-refractivity contribution in [2.75, 3.05) is 13.2 Å². The van der Waals surface area contributed by atoms with E-state index in [4.69, 9.17) is 37.9 Å². The summed E-state index contributed by atoms with van der Waals surface area (Å²) < 4.78 is 50.5. The molecule has 378 valence electrons. The molecule has 9 fully saturated rings. The van der Waals surface area contributed by atoms with Crippen LogP contribution in [0.4, 0.5) is 0 Å². The monoisotopic (exact) mass is 943 g/mol. The van der Waals surface area contributed by atoms with Gasteiger partial charge >= 0.3 is 5.97 Å². The third-order valence-electron chi connectivity index (χ3n) is 19.6. The van der Waals surface area contributed by atoms with Gasteiger partial charge in [0.15, 0.2) is 31.1 Å². The third-order valence-corrected chi connectivity index (χ3v) is 19.6. The van der Waals surface area contributed by atoms with Crippen molar-refractivity contribution in [1.29, 1.82) is 0 Å². The number of aliphatic hydroxyl groups is 9. The van der Waals surface area contributed by atoms with E-state index in [9.17, 15) is 50.8 Å². The predicted molar refractivity (Wildman–Crippen MR) is 229 cm³/mol. The normalized spacial score (nSPS) is 56.7. The average Bonchev–Trinajstić information content (AvgIpc) is 3.59. The highest BCUT2D eigenvalue weighted by Crippen LogP contribution is 2.89. The molecule has 0 aromatic carbocycles. The smallest absolute Gasteiger partial charge is 0.303 e. The molecule has 9 rings (SSSR count). The molecule has 0 bridgehead atoms. The number of carbonyl (C=O) groups is 1. The molecule has 66 heavy (non-hydrogen) atoms. The molecule has 0 aromatic heterocycles. The first-order valence-electron chi connectivity index (χ1n) is 24.5. The number of rotatable bonds is 9. The molecule has 5 saturated carbocycles. The van der Waals surface area contributed by atoms with E-state index in [1.165, 1.54) is 13.8 Å². The lowest BCUT2D eigenvalue weighted by Gasteiger charge is -2.65. The van der Waals surface area contributed by atoms with Crippen molar-refractivity contribution in [2.45, 2.75) is 236 Å². The number of aliphatic hydroxyl groups excluding tert-OH is 8. The van der Waals surface area contributed by atoms with Crippen LogP contribution in [0.15, 0.2) is 0 Å². The van der Waals surface area contributed by atoms with Crippen LogP contribution in [0.1, 0.15) is 120 Å². The minimum atomic E-state index is -1.70. The average molecular weight is 943 g/mol. The van der Waals surface area contributed by atoms with E-state index in [-0.39, 0.29) is 58.7 Å². The Bertz CT molecular complexity index is 1810. The molecule has 25 atom stereocenters. The first kappa shape index (κ1) is 49.8. The van der Waals surface area contributed by atoms with Gasteiger partial charge in [-0.05, 0) is 124 Å². The largest absolute Gasteiger partial charge is 0.457 e. The van der Waals surface area contributed by atoms with E-state index in [2.05, 4.69) is 34.6 Å². The Labute approximate surface area is 387 Å². The highest BCUT2D eigenvalue weighted by molar-refractivity contribution is 5.66. The summed E-state index contributed by atoms with van der Waals surface area (Å²) in [7, 11) is 0. The lowest BCUT2D eigenvalue weighted by atomic mass is 9.41. The van der Waals surface area contributed by atoms with Gasteiger partial charge in [0.25, 0.3) is 0 Å². The molecule has 18 nitrogen and oxygen atoms in total. The maximum atomic E-state index is 12.4. The Morgan fingerprint density at radius 3 is 2.00 bits per heavy atom. The van der Waals surface area contributed by atoms with Crippen LogP contribution in [-0.2, 0) is 42.7 Å². The number of hydrogen-bond donors (Lipinski definition) is 9. The van der Waals surface area contributed by atoms with E-state index < -0.39 is 121 Å². The standard InChI is InChI=1S/C48H78O18/c1-21-30(53)32(55)34(57)40(61-21)65-36-35(62-22(2)49)25(52)19-60-41(36)64-28-11-13-48-20-47(48)15-14-44(7)37(46(9)12-10-29(66-46)43(5,6)58)23(50)17-45(44,8)27(47)16-26(38(48)42(28,3)4)63-39-33(56)31(54)24(51)18-59-39/h21,23-41,50-58H,10-20H2,1-9H3/t21-,23-,24+,25+,26-,27-,28-,29-,30-,31-,32+,33+,34+,35-,36+,37-,38+,39-,40-,41-,44+,45-,46-,47-,48+/m0/s1. The molecule has 5 aliphatic carbocycles. The van der Waals surface area contributed by atoms with Crippen molar-refractivity contribution in [3.63, 3.8) is 0 Å². The van der Waals surface area contributed by atoms with E-state index in [1.54, 1.807) is 13.8 Å². The first-order valence-corrected chi connectivity index (χ1v) is 24.5. The molecular weight excluding hydrogens is 865 g/mol. The van der Waals surface area contributed by atoms with Crippen LogP contribution in [0.25, 0.3) is 0 Å². The van der Waals surface area contributed by atoms with Gasteiger partial charge in [-0.15, -0.1) is 0 Å². The van der Waals surface area contributed by atoms with Gasteiger partial charge < -0.3 is 83.9 Å². The molecule has 4 saturated heterocycles. The van der Waals surface area contributed by atoms with Gasteiger partial charge in [0, 0.05) is 12.8 Å². The summed E-state index contributed by atoms with van der Waals surface area (Å²) in [6, 6.07) is 0. The molecule has 9 aliphatic rings. The summed E-state index contributed by atoms with van der Waals surface area (Å²) >= 11 is 0. The Morgan fingerprint density at radius 2 is 1.33 bits per heavy atom. The van der Waals surface area contributed by atoms with Crippen LogP contribution in [0.3, 0.4) is 0 Å². The van der Waals surface area contributed by atoms with E-state index in [0.717, 1.165) is 32.1 Å². The second-order valence-corrected chi connectivity index (χ2v) is 24.0. The lowest BCUT2D eigenvalue weighted by Crippen LogP contribution is -2.65. The van der Waals surface area contributed by atoms with Crippen LogP contribution in [-0.4, -0.2) is 181 Å². The summed E-state index contributed by atoms with van der Waals surface area (Å²) in [6.07, 6.45) is -13.6. The number of esters is 1. The Hall–Kier alpha value is -1.17. The van der Waals surface area contributed by atoms with Crippen LogP contribution in [0, 0.1) is 44.8 Å². The zero-order valence-electron chi connectivity index (χ0n) is 40.0. The molecule has 0 aromatic rings. The summed E-state index contributed by atoms with van der Waals surface area (Å²) in [6.45, 7) is 16.8. The molecular formula is C48H78O18. The van der Waals surface area contributed by atoms with Gasteiger partial charge in [-0.3, -0.25) is 4.79 Å². The van der Waals surface area contributed by atoms with Gasteiger partial charge in [-0.25, -0.2) is 0 Å². The number of carbonyl (C=O) groups excluding carboxylic acids is 1. The SMILES string of the molecule is CC(=O)O[C@@H]1[C@@H](O[C@@H]2O[C@@H](C)[C@H](O)[C@@H](O)[C@H]2O)[C@H](O[C@H]2CC[C@]34C[C@]35CC[C@]3(C)[C@@H]([C@]6(C)CC[C@@H](C(C)(C)O)O6)[C@@H](O)C[C@@]3(C)[C@@H]5C[C@H](O[C@@H]3OC[C@@H](O)[C@H](O)[C@H]3O)[C@@H]4C2(C)C)OC[C@H]1O. The van der Waals surface area contributed by atoms with E-state index in [1.807, 2.05) is 0 Å². The third kappa shape index (κ3) is 7.43. The number of hydrogen-bond acceptors (Lipinski definition) is 18. The van der Waals surface area contributed by atoms with Crippen LogP contribution in [0.2, 0.25) is 0 Å². The highest BCUT2D eigenvalue weighted by atomic mass is 16.8. The van der Waals surface area contributed by atoms with Crippen molar-refractivity contribution < 1.29 is 88.6 Å². The molecule has 0 unspecified atom stereocenters. The van der Waals surface area contributed by atoms with Crippen LogP contribution >= 0.6 is 0 Å². The fourth-order valence-electron chi connectivity index (χ4n) is 16.3. The van der Waals surface area contributed by atoms with E-state index in [0.29, 0.717) is 25.7 Å². The fourth-order valence-corrected chi connectivity index (χ4v) is 16.3. The van der Waals surface area contributed by atoms with Crippen molar-refractivity contribution in [2.24, 2.45) is 44.8 Å². The minimum Gasteiger partial charge on any atom is -0.457 e. The molecule has 4 heterocycles. The molecule has 9 N–H and O–H groups in total. The Kier molecular flexibility index (Phi) is 12.6. The maximum Gasteiger partial charge on any atom is 0.303 e. The van der Waals surface area contributed by atoms with Gasteiger partial charge in [0.05, 0.1) is 54.9 Å². The molecule has 18 heteroatoms. The van der Waals surface area contributed by atoms with Crippen molar-refractivity contribution in [3.8, 4) is 0 Å². The topological polar surface area (TPSA) is 273 Å². The second-order valence-electron chi connectivity index (χ2n) is 24.0. The number of fused-ring (bicyclic) bond motifs is 2. The van der Waals surface area contributed by atoms with Crippen molar-refractivity contribution in [1.82, 2.24) is 0 Å². The summed E-state index contributed by atoms with van der Waals surface area (Å²) in [5.41, 5.74) is -3.49. The fraction of sp³-hybridized carbons (Fsp3) is 0.979. The summed E-state index contributed by atoms with van der Waals surface area (Å²) in [4.78, 5) is 12.4. The molecule has 4 aliphatic heterocycles. The minimum absolute atomic E-state index is 0.0767. The predicted octanol–water partition coefficient (Wildman–Crippen LogP) is 0.786. The van der Waals surface area contributed by atoms with Gasteiger partial charge in [-0.1, -0.05) is 27.7 Å². The Morgan fingerprint density at radius 1 is 0.667 bits per heavy atom. The quantitative estimate of drug-likeness (QED) is 0.114. The van der Waals surface area contributed by atoms with E-state index >= 15 is 0 Å². The molecule has 2 spiro atoms. The highest BCUT2D eigenvalue weighted by Gasteiger charge is 2.85. The number of ether oxygens (including phenoxy) is 8. The molecule has 0 amide bonds. The lowest BCUT2D eigenvalue weighted by molar-refractivity contribution is -0.366. The second kappa shape index (κ2) is 16.7. The first-order chi connectivity index (χ1) is 30.7. The zero-order valence-corrected chi connectivity index (χ0v) is 40.0. The van der Waals surface area contributed by atoms with Crippen molar-refractivity contribution >= 4 is 5.97 Å². The van der Waals surface area contributed by atoms with Crippen LogP contribution in [0.5, 0.6) is 0 Å². The zero-order chi connectivity index (χ0) is 48.1. The van der Waals surface area contributed by atoms with Gasteiger partial charge in [0.1, 0.15) is 42.7 Å². The van der Waals surface area contributed by atoms with Crippen LogP contribution < -0.4 is 0 Å². The summed E-state index contributed by atoms with van der Waals surface area (Å²) in [5.74, 6) is -1.03. The van der Waals surface area contributed by atoms with Crippen molar-refractivity contribution in [3.05, 3.63) is 0 Å². The van der Waals surface area contributed by atoms with Gasteiger partial charge in [-0.2, -0.15) is 0 Å².